The van der Waals surface area contributed by atoms with E-state index in [1.807, 2.05) is 36.4 Å². The maximum atomic E-state index is 12.3. The van der Waals surface area contributed by atoms with Crippen molar-refractivity contribution in [3.05, 3.63) is 42.0 Å². The lowest BCUT2D eigenvalue weighted by Gasteiger charge is -2.56. The van der Waals surface area contributed by atoms with Crippen molar-refractivity contribution in [2.24, 2.45) is 29.6 Å². The zero-order chi connectivity index (χ0) is 15.8. The molecule has 4 aliphatic carbocycles. The van der Waals surface area contributed by atoms with Crippen LogP contribution in [-0.4, -0.2) is 11.9 Å². The highest BCUT2D eigenvalue weighted by atomic mass is 16.1. The summed E-state index contributed by atoms with van der Waals surface area (Å²) in [5, 5.41) is 3.25. The Morgan fingerprint density at radius 2 is 1.65 bits per heavy atom. The molecule has 1 aromatic carbocycles. The van der Waals surface area contributed by atoms with Crippen LogP contribution in [0.4, 0.5) is 0 Å². The Hall–Kier alpha value is -1.57. The second-order valence-corrected chi connectivity index (χ2v) is 8.05. The fourth-order valence-electron chi connectivity index (χ4n) is 5.89. The lowest BCUT2D eigenvalue weighted by atomic mass is 9.50. The third-order valence-electron chi connectivity index (χ3n) is 6.47. The summed E-state index contributed by atoms with van der Waals surface area (Å²) in [5.41, 5.74) is 1.07. The summed E-state index contributed by atoms with van der Waals surface area (Å²) in [6, 6.07) is 10.3. The molecule has 122 valence electrons. The summed E-state index contributed by atoms with van der Waals surface area (Å²) in [5.74, 6) is 4.47. The molecular formula is C21H27NO. The Bertz CT molecular complexity index is 563. The second-order valence-electron chi connectivity index (χ2n) is 8.05. The summed E-state index contributed by atoms with van der Waals surface area (Å²) < 4.78 is 0. The molecule has 2 heteroatoms. The van der Waals surface area contributed by atoms with Gasteiger partial charge in [-0.1, -0.05) is 30.3 Å². The molecule has 0 saturated heterocycles. The average molecular weight is 309 g/mol. The van der Waals surface area contributed by atoms with Gasteiger partial charge in [0.1, 0.15) is 0 Å². The highest BCUT2D eigenvalue weighted by Crippen LogP contribution is 2.57. The predicted molar refractivity (Wildman–Crippen MR) is 93.6 cm³/mol. The normalized spacial score (nSPS) is 36.3. The fourth-order valence-corrected chi connectivity index (χ4v) is 5.89. The lowest BCUT2D eigenvalue weighted by molar-refractivity contribution is -0.119. The van der Waals surface area contributed by atoms with Crippen LogP contribution in [-0.2, 0) is 4.79 Å². The molecule has 4 fully saturated rings. The van der Waals surface area contributed by atoms with E-state index in [1.165, 1.54) is 32.1 Å². The van der Waals surface area contributed by atoms with Crippen LogP contribution in [0.25, 0.3) is 6.08 Å². The van der Waals surface area contributed by atoms with Crippen LogP contribution in [0.5, 0.6) is 0 Å². The van der Waals surface area contributed by atoms with E-state index in [-0.39, 0.29) is 5.91 Å². The summed E-state index contributed by atoms with van der Waals surface area (Å²) >= 11 is 0. The van der Waals surface area contributed by atoms with Crippen LogP contribution >= 0.6 is 0 Å². The van der Waals surface area contributed by atoms with Crippen LogP contribution in [0.2, 0.25) is 0 Å². The smallest absolute Gasteiger partial charge is 0.244 e. The summed E-state index contributed by atoms with van der Waals surface area (Å²) in [6.07, 6.45) is 10.7. The van der Waals surface area contributed by atoms with E-state index < -0.39 is 0 Å². The van der Waals surface area contributed by atoms with Gasteiger partial charge in [-0.25, -0.2) is 0 Å². The van der Waals surface area contributed by atoms with Gasteiger partial charge < -0.3 is 5.32 Å². The van der Waals surface area contributed by atoms with Crippen molar-refractivity contribution in [3.63, 3.8) is 0 Å². The van der Waals surface area contributed by atoms with E-state index in [0.29, 0.717) is 12.0 Å². The molecule has 4 saturated carbocycles. The maximum Gasteiger partial charge on any atom is 0.244 e. The van der Waals surface area contributed by atoms with E-state index in [1.54, 1.807) is 6.08 Å². The predicted octanol–water partition coefficient (Wildman–Crippen LogP) is 4.28. The first-order chi connectivity index (χ1) is 11.2. The largest absolute Gasteiger partial charge is 0.350 e. The molecular weight excluding hydrogens is 282 g/mol. The molecule has 4 bridgehead atoms. The van der Waals surface area contributed by atoms with E-state index in [0.717, 1.165) is 29.2 Å². The van der Waals surface area contributed by atoms with Crippen molar-refractivity contribution < 1.29 is 4.79 Å². The third kappa shape index (κ3) is 3.08. The van der Waals surface area contributed by atoms with Gasteiger partial charge in [0.2, 0.25) is 5.91 Å². The highest BCUT2D eigenvalue weighted by molar-refractivity contribution is 5.91. The van der Waals surface area contributed by atoms with Crippen molar-refractivity contribution in [2.45, 2.75) is 45.1 Å². The van der Waals surface area contributed by atoms with Gasteiger partial charge in [0.05, 0.1) is 0 Å². The second kappa shape index (κ2) is 6.14. The zero-order valence-corrected chi connectivity index (χ0v) is 13.9. The van der Waals surface area contributed by atoms with E-state index in [9.17, 15) is 4.79 Å². The quantitative estimate of drug-likeness (QED) is 0.827. The molecule has 1 atom stereocenters. The maximum absolute atomic E-state index is 12.3. The van der Waals surface area contributed by atoms with Gasteiger partial charge in [0.25, 0.3) is 0 Å². The average Bonchev–Trinajstić information content (AvgIpc) is 2.53. The topological polar surface area (TPSA) is 29.1 Å². The Morgan fingerprint density at radius 3 is 2.26 bits per heavy atom. The Morgan fingerprint density at radius 1 is 1.04 bits per heavy atom. The van der Waals surface area contributed by atoms with Crippen molar-refractivity contribution in [2.75, 3.05) is 0 Å². The zero-order valence-electron chi connectivity index (χ0n) is 13.9. The summed E-state index contributed by atoms with van der Waals surface area (Å²) in [4.78, 5) is 12.3. The molecule has 5 rings (SSSR count). The van der Waals surface area contributed by atoms with E-state index >= 15 is 0 Å². The molecule has 1 N–H and O–H groups in total. The number of rotatable bonds is 4. The minimum Gasteiger partial charge on any atom is -0.350 e. The number of carbonyl (C=O) groups excluding carboxylic acids is 1. The summed E-state index contributed by atoms with van der Waals surface area (Å²) in [7, 11) is 0. The van der Waals surface area contributed by atoms with Gasteiger partial charge in [-0.3, -0.25) is 4.79 Å². The molecule has 1 aromatic rings. The molecule has 0 unspecified atom stereocenters. The SMILES string of the molecule is C[C@H](NC(=O)/C=C/c1ccccc1)C1C2CC3CC(C2)CC1C3. The first-order valence-electron chi connectivity index (χ1n) is 9.22. The minimum atomic E-state index is 0.0511. The van der Waals surface area contributed by atoms with Gasteiger partial charge in [-0.05, 0) is 80.3 Å². The Labute approximate surface area is 139 Å². The summed E-state index contributed by atoms with van der Waals surface area (Å²) in [6.45, 7) is 2.22. The lowest BCUT2D eigenvalue weighted by Crippen LogP contribution is -2.52. The number of hydrogen-bond donors (Lipinski definition) is 1. The Kier molecular flexibility index (Phi) is 4.00. The standard InChI is InChI=1S/C21H27NO/c1-14(22-20(23)8-7-15-5-3-2-4-6-15)21-18-10-16-9-17(12-18)13-19(21)11-16/h2-8,14,16-19,21H,9-13H2,1H3,(H,22,23)/b8-7+/t14-,16?,17?,18?,19?,21?/m0/s1. The van der Waals surface area contributed by atoms with Crippen LogP contribution in [0.1, 0.15) is 44.6 Å². The molecule has 0 radical (unpaired) electrons. The van der Waals surface area contributed by atoms with E-state index in [2.05, 4.69) is 12.2 Å². The van der Waals surface area contributed by atoms with Crippen molar-refractivity contribution in [3.8, 4) is 0 Å². The number of amides is 1. The third-order valence-corrected chi connectivity index (χ3v) is 6.47. The molecule has 0 aromatic heterocycles. The van der Waals surface area contributed by atoms with Crippen molar-refractivity contribution in [1.29, 1.82) is 0 Å². The van der Waals surface area contributed by atoms with Crippen molar-refractivity contribution in [1.82, 2.24) is 5.32 Å². The number of hydrogen-bond acceptors (Lipinski definition) is 1. The molecule has 2 nitrogen and oxygen atoms in total. The number of nitrogens with one attached hydrogen (secondary N) is 1. The molecule has 1 amide bonds. The highest BCUT2D eigenvalue weighted by Gasteiger charge is 2.49. The van der Waals surface area contributed by atoms with Crippen LogP contribution in [0.3, 0.4) is 0 Å². The van der Waals surface area contributed by atoms with Crippen LogP contribution < -0.4 is 5.32 Å². The van der Waals surface area contributed by atoms with Gasteiger partial charge in [-0.15, -0.1) is 0 Å². The Balaban J connectivity index is 1.37. The minimum absolute atomic E-state index is 0.0511. The van der Waals surface area contributed by atoms with Gasteiger partial charge in [0.15, 0.2) is 0 Å². The first-order valence-corrected chi connectivity index (χ1v) is 9.22. The van der Waals surface area contributed by atoms with Gasteiger partial charge >= 0.3 is 0 Å². The fraction of sp³-hybridized carbons (Fsp3) is 0.571. The van der Waals surface area contributed by atoms with Gasteiger partial charge in [0, 0.05) is 12.1 Å². The van der Waals surface area contributed by atoms with E-state index in [4.69, 9.17) is 0 Å². The van der Waals surface area contributed by atoms with Gasteiger partial charge in [-0.2, -0.15) is 0 Å². The monoisotopic (exact) mass is 309 g/mol. The molecule has 23 heavy (non-hydrogen) atoms. The molecule has 0 heterocycles. The van der Waals surface area contributed by atoms with Crippen molar-refractivity contribution >= 4 is 12.0 Å². The molecule has 4 aliphatic rings. The van der Waals surface area contributed by atoms with Crippen LogP contribution in [0, 0.1) is 29.6 Å². The number of benzene rings is 1. The van der Waals surface area contributed by atoms with Crippen LogP contribution in [0.15, 0.2) is 36.4 Å². The molecule has 0 aliphatic heterocycles. The number of carbonyl (C=O) groups is 1. The molecule has 0 spiro atoms. The first kappa shape index (κ1) is 15.0.